The number of amides is 2. The zero-order chi connectivity index (χ0) is 22.3. The van der Waals surface area contributed by atoms with E-state index in [9.17, 15) is 27.9 Å². The topological polar surface area (TPSA) is 104 Å². The standard InChI is InChI=1S/C20H23F3N4O3/c1-18(2,3)14(28)7-9-24-17(30)25-16-11-10-12(26-27-16)15(29)19(11)8-5-4-6-13(19)20(21,22)23/h4-6,10,14,28H,7-9H2,1-3H3,(H2,24,25,27,30). The molecule has 10 heteroatoms. The van der Waals surface area contributed by atoms with E-state index in [4.69, 9.17) is 0 Å². The number of hydrogen-bond acceptors (Lipinski definition) is 5. The van der Waals surface area contributed by atoms with Gasteiger partial charge in [-0.25, -0.2) is 4.79 Å². The number of aliphatic hydroxyl groups excluding tert-OH is 1. The van der Waals surface area contributed by atoms with Crippen LogP contribution < -0.4 is 10.6 Å². The monoisotopic (exact) mass is 424 g/mol. The molecule has 1 heterocycles. The van der Waals surface area contributed by atoms with Gasteiger partial charge in [0, 0.05) is 12.1 Å². The van der Waals surface area contributed by atoms with E-state index in [0.29, 0.717) is 6.42 Å². The average Bonchev–Trinajstić information content (AvgIpc) is 2.85. The van der Waals surface area contributed by atoms with Crippen LogP contribution in [-0.4, -0.2) is 45.9 Å². The summed E-state index contributed by atoms with van der Waals surface area (Å²) in [5, 5.41) is 22.4. The van der Waals surface area contributed by atoms with Crippen LogP contribution in [0.2, 0.25) is 0 Å². The molecule has 30 heavy (non-hydrogen) atoms. The molecule has 1 aromatic rings. The fraction of sp³-hybridized carbons (Fsp3) is 0.500. The van der Waals surface area contributed by atoms with Crippen LogP contribution in [0.25, 0.3) is 0 Å². The van der Waals surface area contributed by atoms with Gasteiger partial charge in [0.15, 0.2) is 11.6 Å². The molecule has 0 aliphatic heterocycles. The van der Waals surface area contributed by atoms with Crippen molar-refractivity contribution in [2.24, 2.45) is 5.41 Å². The van der Waals surface area contributed by atoms with Crippen molar-refractivity contribution in [3.05, 3.63) is 41.1 Å². The summed E-state index contributed by atoms with van der Waals surface area (Å²) in [5.41, 5.74) is -3.57. The number of rotatable bonds is 4. The summed E-state index contributed by atoms with van der Waals surface area (Å²) >= 11 is 0. The first kappa shape index (κ1) is 21.9. The van der Waals surface area contributed by atoms with Gasteiger partial charge >= 0.3 is 12.2 Å². The summed E-state index contributed by atoms with van der Waals surface area (Å²) < 4.78 is 41.1. The van der Waals surface area contributed by atoms with Gasteiger partial charge in [0.05, 0.1) is 17.1 Å². The number of carbonyl (C=O) groups excluding carboxylic acids is 2. The lowest BCUT2D eigenvalue weighted by atomic mass is 9.69. The summed E-state index contributed by atoms with van der Waals surface area (Å²) in [6.45, 7) is 5.72. The molecule has 0 saturated carbocycles. The number of halogens is 3. The lowest BCUT2D eigenvalue weighted by Crippen LogP contribution is -2.41. The molecular weight excluding hydrogens is 401 g/mol. The number of aromatic nitrogens is 2. The van der Waals surface area contributed by atoms with E-state index in [1.165, 1.54) is 18.2 Å². The molecule has 162 valence electrons. The highest BCUT2D eigenvalue weighted by molar-refractivity contribution is 6.10. The summed E-state index contributed by atoms with van der Waals surface area (Å²) in [6, 6.07) is 0.528. The Hall–Kier alpha value is -2.75. The molecule has 0 saturated heterocycles. The van der Waals surface area contributed by atoms with Gasteiger partial charge in [-0.1, -0.05) is 39.0 Å². The number of fused-ring (bicyclic) bond motifs is 3. The predicted molar refractivity (Wildman–Crippen MR) is 103 cm³/mol. The van der Waals surface area contributed by atoms with Gasteiger partial charge in [-0.05, 0) is 24.3 Å². The zero-order valence-electron chi connectivity index (χ0n) is 16.8. The van der Waals surface area contributed by atoms with E-state index in [0.717, 1.165) is 6.08 Å². The maximum atomic E-state index is 13.7. The number of allylic oxidation sites excluding steroid dienone is 4. The molecule has 0 fully saturated rings. The third kappa shape index (κ3) is 3.83. The Kier molecular flexibility index (Phi) is 5.48. The van der Waals surface area contributed by atoms with Gasteiger partial charge < -0.3 is 10.4 Å². The van der Waals surface area contributed by atoms with E-state index in [1.807, 2.05) is 20.8 Å². The van der Waals surface area contributed by atoms with Crippen molar-refractivity contribution in [3.63, 3.8) is 0 Å². The molecule has 2 aliphatic carbocycles. The van der Waals surface area contributed by atoms with Crippen molar-refractivity contribution < 1.29 is 27.9 Å². The Morgan fingerprint density at radius 1 is 1.30 bits per heavy atom. The first-order chi connectivity index (χ1) is 13.9. The third-order valence-corrected chi connectivity index (χ3v) is 5.40. The smallest absolute Gasteiger partial charge is 0.393 e. The second kappa shape index (κ2) is 7.50. The molecular formula is C20H23F3N4O3. The minimum atomic E-state index is -4.74. The lowest BCUT2D eigenvalue weighted by Gasteiger charge is -2.33. The lowest BCUT2D eigenvalue weighted by molar-refractivity contribution is -0.0996. The number of aliphatic hydroxyl groups is 1. The van der Waals surface area contributed by atoms with Crippen LogP contribution in [0.1, 0.15) is 49.7 Å². The molecule has 2 unspecified atom stereocenters. The normalized spacial score (nSPS) is 21.6. The molecule has 2 bridgehead atoms. The van der Waals surface area contributed by atoms with E-state index in [-0.39, 0.29) is 35.5 Å². The number of urea groups is 1. The Labute approximate surface area is 171 Å². The first-order valence-electron chi connectivity index (χ1n) is 9.48. The minimum Gasteiger partial charge on any atom is -0.393 e. The second-order valence-electron chi connectivity index (χ2n) is 8.49. The van der Waals surface area contributed by atoms with Gasteiger partial charge in [-0.3, -0.25) is 10.1 Å². The zero-order valence-corrected chi connectivity index (χ0v) is 16.8. The molecule has 1 spiro atoms. The van der Waals surface area contributed by atoms with Crippen LogP contribution in [0, 0.1) is 5.41 Å². The van der Waals surface area contributed by atoms with Crippen LogP contribution in [-0.2, 0) is 5.41 Å². The maximum Gasteiger partial charge on any atom is 0.414 e. The van der Waals surface area contributed by atoms with Crippen molar-refractivity contribution in [2.45, 2.75) is 51.3 Å². The molecule has 0 radical (unpaired) electrons. The number of nitrogens with zero attached hydrogens (tertiary/aromatic N) is 2. The number of Topliss-reactive ketones (excluding diaryl/α,β-unsaturated/α-hetero) is 1. The molecule has 2 atom stereocenters. The Balaban J connectivity index is 1.80. The number of alkyl halides is 3. The van der Waals surface area contributed by atoms with Crippen molar-refractivity contribution in [1.82, 2.24) is 15.5 Å². The molecule has 3 rings (SSSR count). The highest BCUT2D eigenvalue weighted by atomic mass is 19.4. The second-order valence-corrected chi connectivity index (χ2v) is 8.49. The Morgan fingerprint density at radius 2 is 2.00 bits per heavy atom. The number of ketones is 1. The highest BCUT2D eigenvalue weighted by Crippen LogP contribution is 2.52. The summed E-state index contributed by atoms with van der Waals surface area (Å²) in [6.07, 6.45) is -1.70. The van der Waals surface area contributed by atoms with Crippen LogP contribution in [0.15, 0.2) is 29.9 Å². The summed E-state index contributed by atoms with van der Waals surface area (Å²) in [5.74, 6) is -0.997. The van der Waals surface area contributed by atoms with Gasteiger partial charge in [0.25, 0.3) is 0 Å². The molecule has 3 N–H and O–H groups in total. The van der Waals surface area contributed by atoms with Crippen molar-refractivity contribution in [3.8, 4) is 0 Å². The van der Waals surface area contributed by atoms with Crippen molar-refractivity contribution in [2.75, 3.05) is 11.9 Å². The SMILES string of the molecule is CC(C)(C)C(O)CCNC(=O)Nc1nnc2cc1C1(CC=CC=C1C(F)(F)F)C2=O. The predicted octanol–water partition coefficient (Wildman–Crippen LogP) is 3.28. The fourth-order valence-corrected chi connectivity index (χ4v) is 3.64. The average molecular weight is 424 g/mol. The van der Waals surface area contributed by atoms with E-state index in [1.54, 1.807) is 0 Å². The minimum absolute atomic E-state index is 0.0321. The number of nitrogens with one attached hydrogen (secondary N) is 2. The maximum absolute atomic E-state index is 13.7. The van der Waals surface area contributed by atoms with Crippen LogP contribution in [0.4, 0.5) is 23.8 Å². The van der Waals surface area contributed by atoms with Gasteiger partial charge in [0.2, 0.25) is 0 Å². The number of carbonyl (C=O) groups is 2. The quantitative estimate of drug-likeness (QED) is 0.688. The van der Waals surface area contributed by atoms with E-state index < -0.39 is 35.1 Å². The summed E-state index contributed by atoms with van der Waals surface area (Å²) in [7, 11) is 0. The largest absolute Gasteiger partial charge is 0.414 e. The molecule has 7 nitrogen and oxygen atoms in total. The van der Waals surface area contributed by atoms with Crippen molar-refractivity contribution in [1.29, 1.82) is 0 Å². The molecule has 2 aliphatic rings. The van der Waals surface area contributed by atoms with Crippen molar-refractivity contribution >= 4 is 17.6 Å². The Bertz CT molecular complexity index is 934. The molecule has 2 amide bonds. The Morgan fingerprint density at radius 3 is 2.63 bits per heavy atom. The van der Waals surface area contributed by atoms with E-state index in [2.05, 4.69) is 20.8 Å². The fourth-order valence-electron chi connectivity index (χ4n) is 3.64. The van der Waals surface area contributed by atoms with E-state index >= 15 is 0 Å². The van der Waals surface area contributed by atoms with Gasteiger partial charge in [-0.15, -0.1) is 10.2 Å². The molecule has 1 aromatic heterocycles. The van der Waals surface area contributed by atoms with Crippen LogP contribution >= 0.6 is 0 Å². The van der Waals surface area contributed by atoms with Crippen LogP contribution in [0.5, 0.6) is 0 Å². The van der Waals surface area contributed by atoms with Gasteiger partial charge in [0.1, 0.15) is 5.69 Å². The highest BCUT2D eigenvalue weighted by Gasteiger charge is 2.58. The summed E-state index contributed by atoms with van der Waals surface area (Å²) in [4.78, 5) is 25.1. The van der Waals surface area contributed by atoms with Gasteiger partial charge in [-0.2, -0.15) is 13.2 Å². The number of anilines is 1. The third-order valence-electron chi connectivity index (χ3n) is 5.40. The molecule has 0 aromatic carbocycles. The van der Waals surface area contributed by atoms with Crippen LogP contribution in [0.3, 0.4) is 0 Å². The first-order valence-corrected chi connectivity index (χ1v) is 9.48. The number of hydrogen-bond donors (Lipinski definition) is 3.